The minimum Gasteiger partial charge on any atom is -0.478 e. The Labute approximate surface area is 109 Å². The molecule has 5 nitrogen and oxygen atoms in total. The second kappa shape index (κ2) is 4.20. The molecule has 2 N–H and O–H groups in total. The van der Waals surface area contributed by atoms with Crippen LogP contribution in [0.5, 0.6) is 0 Å². The van der Waals surface area contributed by atoms with Gasteiger partial charge in [0.15, 0.2) is 0 Å². The van der Waals surface area contributed by atoms with Crippen molar-refractivity contribution >= 4 is 17.0 Å². The molecule has 0 amide bonds. The first-order valence-corrected chi connectivity index (χ1v) is 5.80. The first-order valence-electron chi connectivity index (χ1n) is 5.80. The molecule has 0 saturated carbocycles. The van der Waals surface area contributed by atoms with Gasteiger partial charge in [-0.25, -0.2) is 9.78 Å². The van der Waals surface area contributed by atoms with Crippen molar-refractivity contribution in [3.8, 4) is 11.4 Å². The maximum atomic E-state index is 11.1. The maximum absolute atomic E-state index is 11.1. The van der Waals surface area contributed by atoms with E-state index in [1.807, 2.05) is 19.1 Å². The van der Waals surface area contributed by atoms with Crippen molar-refractivity contribution in [2.75, 3.05) is 0 Å². The van der Waals surface area contributed by atoms with Gasteiger partial charge in [0.25, 0.3) is 0 Å². The Morgan fingerprint density at radius 3 is 2.79 bits per heavy atom. The molecule has 0 aliphatic carbocycles. The molecule has 0 radical (unpaired) electrons. The number of aromatic nitrogens is 3. The van der Waals surface area contributed by atoms with Crippen LogP contribution in [0.25, 0.3) is 22.4 Å². The second-order valence-electron chi connectivity index (χ2n) is 4.28. The van der Waals surface area contributed by atoms with Crippen molar-refractivity contribution in [3.63, 3.8) is 0 Å². The Morgan fingerprint density at radius 2 is 2.11 bits per heavy atom. The largest absolute Gasteiger partial charge is 0.478 e. The van der Waals surface area contributed by atoms with Crippen molar-refractivity contribution in [2.24, 2.45) is 0 Å². The van der Waals surface area contributed by atoms with Crippen LogP contribution in [0.3, 0.4) is 0 Å². The third-order valence-electron chi connectivity index (χ3n) is 2.93. The SMILES string of the molecule is Cc1ccc(-c2nc3c(C(=O)O)cccc3[nH]2)cn1. The molecule has 0 bridgehead atoms. The van der Waals surface area contributed by atoms with E-state index in [0.29, 0.717) is 16.9 Å². The summed E-state index contributed by atoms with van der Waals surface area (Å²) in [6.07, 6.45) is 1.72. The molecule has 0 aliphatic heterocycles. The number of nitrogens with zero attached hydrogens (tertiary/aromatic N) is 2. The van der Waals surface area contributed by atoms with Gasteiger partial charge >= 0.3 is 5.97 Å². The Bertz CT molecular complexity index is 760. The number of pyridine rings is 1. The van der Waals surface area contributed by atoms with E-state index in [0.717, 1.165) is 11.3 Å². The molecule has 0 unspecified atom stereocenters. The van der Waals surface area contributed by atoms with Crippen LogP contribution in [0.1, 0.15) is 16.1 Å². The predicted octanol–water partition coefficient (Wildman–Crippen LogP) is 2.63. The number of imidazole rings is 1. The monoisotopic (exact) mass is 253 g/mol. The number of hydrogen-bond donors (Lipinski definition) is 2. The molecule has 0 atom stereocenters. The molecule has 1 aromatic carbocycles. The molecule has 2 aromatic heterocycles. The molecule has 3 rings (SSSR count). The number of carboxylic acid groups (broad SMARTS) is 1. The zero-order chi connectivity index (χ0) is 13.4. The fraction of sp³-hybridized carbons (Fsp3) is 0.0714. The summed E-state index contributed by atoms with van der Waals surface area (Å²) < 4.78 is 0. The van der Waals surface area contributed by atoms with Gasteiger partial charge in [-0.05, 0) is 31.2 Å². The summed E-state index contributed by atoms with van der Waals surface area (Å²) >= 11 is 0. The summed E-state index contributed by atoms with van der Waals surface area (Å²) in [5.74, 6) is -0.359. The first-order chi connectivity index (χ1) is 9.15. The van der Waals surface area contributed by atoms with Gasteiger partial charge in [0, 0.05) is 17.5 Å². The zero-order valence-corrected chi connectivity index (χ0v) is 10.2. The number of rotatable bonds is 2. The van der Waals surface area contributed by atoms with Gasteiger partial charge in [0.05, 0.1) is 11.1 Å². The highest BCUT2D eigenvalue weighted by Gasteiger charge is 2.13. The number of aryl methyl sites for hydroxylation is 1. The number of para-hydroxylation sites is 1. The van der Waals surface area contributed by atoms with Gasteiger partial charge in [0.1, 0.15) is 11.3 Å². The van der Waals surface area contributed by atoms with Crippen molar-refractivity contribution in [1.29, 1.82) is 0 Å². The van der Waals surface area contributed by atoms with E-state index in [4.69, 9.17) is 5.11 Å². The number of hydrogen-bond acceptors (Lipinski definition) is 3. The molecule has 94 valence electrons. The van der Waals surface area contributed by atoms with Crippen LogP contribution in [0.4, 0.5) is 0 Å². The molecule has 0 fully saturated rings. The first kappa shape index (κ1) is 11.4. The molecule has 19 heavy (non-hydrogen) atoms. The lowest BCUT2D eigenvalue weighted by atomic mass is 10.2. The van der Waals surface area contributed by atoms with E-state index in [1.54, 1.807) is 24.4 Å². The lowest BCUT2D eigenvalue weighted by molar-refractivity contribution is 0.0699. The van der Waals surface area contributed by atoms with Crippen LogP contribution in [-0.2, 0) is 0 Å². The summed E-state index contributed by atoms with van der Waals surface area (Å²) in [5.41, 5.74) is 3.12. The molecule has 0 saturated heterocycles. The van der Waals surface area contributed by atoms with E-state index < -0.39 is 5.97 Å². The number of benzene rings is 1. The minimum absolute atomic E-state index is 0.195. The second-order valence-corrected chi connectivity index (χ2v) is 4.28. The topological polar surface area (TPSA) is 78.9 Å². The van der Waals surface area contributed by atoms with Gasteiger partial charge in [-0.15, -0.1) is 0 Å². The van der Waals surface area contributed by atoms with E-state index in [9.17, 15) is 4.79 Å². The van der Waals surface area contributed by atoms with Crippen molar-refractivity contribution in [2.45, 2.75) is 6.92 Å². The van der Waals surface area contributed by atoms with Crippen LogP contribution in [-0.4, -0.2) is 26.0 Å². The van der Waals surface area contributed by atoms with E-state index in [-0.39, 0.29) is 5.56 Å². The number of carbonyl (C=O) groups is 1. The number of nitrogens with one attached hydrogen (secondary N) is 1. The normalized spacial score (nSPS) is 10.8. The third-order valence-corrected chi connectivity index (χ3v) is 2.93. The number of fused-ring (bicyclic) bond motifs is 1. The van der Waals surface area contributed by atoms with Gasteiger partial charge in [-0.2, -0.15) is 0 Å². The molecule has 0 spiro atoms. The van der Waals surface area contributed by atoms with Gasteiger partial charge < -0.3 is 10.1 Å². The van der Waals surface area contributed by atoms with Crippen LogP contribution < -0.4 is 0 Å². The summed E-state index contributed by atoms with van der Waals surface area (Å²) in [7, 11) is 0. The van der Waals surface area contributed by atoms with E-state index in [2.05, 4.69) is 15.0 Å². The van der Waals surface area contributed by atoms with Crippen LogP contribution in [0.15, 0.2) is 36.5 Å². The summed E-state index contributed by atoms with van der Waals surface area (Å²) in [6, 6.07) is 8.84. The third kappa shape index (κ3) is 1.95. The molecule has 3 aromatic rings. The Hall–Kier alpha value is -2.69. The minimum atomic E-state index is -0.981. The maximum Gasteiger partial charge on any atom is 0.337 e. The highest BCUT2D eigenvalue weighted by atomic mass is 16.4. The lowest BCUT2D eigenvalue weighted by Crippen LogP contribution is -1.96. The van der Waals surface area contributed by atoms with Crippen molar-refractivity contribution < 1.29 is 9.90 Å². The molecule has 2 heterocycles. The Balaban J connectivity index is 2.19. The highest BCUT2D eigenvalue weighted by molar-refractivity contribution is 6.01. The van der Waals surface area contributed by atoms with Crippen LogP contribution in [0.2, 0.25) is 0 Å². The average molecular weight is 253 g/mol. The Morgan fingerprint density at radius 1 is 1.26 bits per heavy atom. The number of H-pyrrole nitrogens is 1. The average Bonchev–Trinajstić information content (AvgIpc) is 2.82. The fourth-order valence-electron chi connectivity index (χ4n) is 1.95. The molecule has 5 heteroatoms. The molecular weight excluding hydrogens is 242 g/mol. The summed E-state index contributed by atoms with van der Waals surface area (Å²) in [6.45, 7) is 1.91. The molecule has 0 aliphatic rings. The van der Waals surface area contributed by atoms with E-state index in [1.165, 1.54) is 0 Å². The number of aromatic carboxylic acids is 1. The van der Waals surface area contributed by atoms with Crippen molar-refractivity contribution in [3.05, 3.63) is 47.8 Å². The zero-order valence-electron chi connectivity index (χ0n) is 10.2. The predicted molar refractivity (Wildman–Crippen MR) is 71.0 cm³/mol. The highest BCUT2D eigenvalue weighted by Crippen LogP contribution is 2.22. The van der Waals surface area contributed by atoms with Crippen molar-refractivity contribution in [1.82, 2.24) is 15.0 Å². The summed E-state index contributed by atoms with van der Waals surface area (Å²) in [4.78, 5) is 22.8. The smallest absolute Gasteiger partial charge is 0.337 e. The van der Waals surface area contributed by atoms with Crippen LogP contribution in [0, 0.1) is 6.92 Å². The van der Waals surface area contributed by atoms with Crippen LogP contribution >= 0.6 is 0 Å². The van der Waals surface area contributed by atoms with Gasteiger partial charge in [-0.3, -0.25) is 4.98 Å². The summed E-state index contributed by atoms with van der Waals surface area (Å²) in [5, 5.41) is 9.13. The standard InChI is InChI=1S/C14H11N3O2/c1-8-5-6-9(7-15-8)13-16-11-4-2-3-10(14(18)19)12(11)17-13/h2-7H,1H3,(H,16,17)(H,18,19). The quantitative estimate of drug-likeness (QED) is 0.735. The molecular formula is C14H11N3O2. The van der Waals surface area contributed by atoms with Gasteiger partial charge in [-0.1, -0.05) is 6.07 Å². The lowest BCUT2D eigenvalue weighted by Gasteiger charge is -1.95. The fourth-order valence-corrected chi connectivity index (χ4v) is 1.95. The van der Waals surface area contributed by atoms with E-state index >= 15 is 0 Å². The number of aromatic amines is 1. The van der Waals surface area contributed by atoms with Gasteiger partial charge in [0.2, 0.25) is 0 Å². The Kier molecular flexibility index (Phi) is 2.52. The number of carboxylic acids is 1.